The highest BCUT2D eigenvalue weighted by Crippen LogP contribution is 2.38. The Morgan fingerprint density at radius 3 is 2.79 bits per heavy atom. The lowest BCUT2D eigenvalue weighted by Gasteiger charge is -2.13. The molecule has 0 fully saturated rings. The molecule has 1 aliphatic rings. The summed E-state index contributed by atoms with van der Waals surface area (Å²) in [7, 11) is 3.17. The number of amides is 1. The standard InChI is InChI=1S/C26H27N3O4/c1-16-14-27-17(2)25(29-16)21-7-5-6-19-13-20(33-26(19)21)15-28-24(30)11-9-18-8-10-22(31-3)23(12-18)32-4/h5-12,14,20H,13,15H2,1-4H3,(H,28,30)/b11-9+. The molecule has 7 nitrogen and oxygen atoms in total. The number of carbonyl (C=O) groups excluding carboxylic acids is 1. The molecule has 1 unspecified atom stereocenters. The van der Waals surface area contributed by atoms with Gasteiger partial charge in [-0.1, -0.05) is 18.2 Å². The molecule has 3 aromatic rings. The molecule has 4 rings (SSSR count). The number of aryl methyl sites for hydroxylation is 2. The molecule has 0 aliphatic carbocycles. The topological polar surface area (TPSA) is 82.6 Å². The Balaban J connectivity index is 1.39. The summed E-state index contributed by atoms with van der Waals surface area (Å²) in [4.78, 5) is 21.5. The van der Waals surface area contributed by atoms with Gasteiger partial charge in [-0.25, -0.2) is 4.98 Å². The molecule has 7 heteroatoms. The first-order valence-corrected chi connectivity index (χ1v) is 10.8. The predicted molar refractivity (Wildman–Crippen MR) is 127 cm³/mol. The Morgan fingerprint density at radius 2 is 2.00 bits per heavy atom. The Hall–Kier alpha value is -3.87. The van der Waals surface area contributed by atoms with E-state index >= 15 is 0 Å². The number of methoxy groups -OCH3 is 2. The molecule has 0 bridgehead atoms. The third-order valence-corrected chi connectivity index (χ3v) is 5.50. The molecule has 2 aromatic carbocycles. The van der Waals surface area contributed by atoms with E-state index in [0.29, 0.717) is 18.0 Å². The lowest BCUT2D eigenvalue weighted by molar-refractivity contribution is -0.116. The Bertz CT molecular complexity index is 1210. The minimum absolute atomic E-state index is 0.141. The van der Waals surface area contributed by atoms with E-state index in [4.69, 9.17) is 14.2 Å². The van der Waals surface area contributed by atoms with Crippen LogP contribution < -0.4 is 19.5 Å². The smallest absolute Gasteiger partial charge is 0.244 e. The SMILES string of the molecule is COc1ccc(/C=C/C(=O)NCC2Cc3cccc(-c4nc(C)cnc4C)c3O2)cc1OC. The van der Waals surface area contributed by atoms with Crippen LogP contribution in [0.5, 0.6) is 17.2 Å². The lowest BCUT2D eigenvalue weighted by atomic mass is 10.0. The third-order valence-electron chi connectivity index (χ3n) is 5.50. The molecule has 33 heavy (non-hydrogen) atoms. The summed E-state index contributed by atoms with van der Waals surface area (Å²) in [6.45, 7) is 4.27. The van der Waals surface area contributed by atoms with Crippen molar-refractivity contribution >= 4 is 12.0 Å². The van der Waals surface area contributed by atoms with Gasteiger partial charge in [0, 0.05) is 24.3 Å². The van der Waals surface area contributed by atoms with Gasteiger partial charge in [0.1, 0.15) is 11.9 Å². The largest absolute Gasteiger partial charge is 0.493 e. The van der Waals surface area contributed by atoms with E-state index in [1.54, 1.807) is 32.6 Å². The summed E-state index contributed by atoms with van der Waals surface area (Å²) in [6.07, 6.45) is 5.58. The van der Waals surface area contributed by atoms with Crippen LogP contribution in [0.25, 0.3) is 17.3 Å². The van der Waals surface area contributed by atoms with E-state index in [9.17, 15) is 4.79 Å². The van der Waals surface area contributed by atoms with Crippen LogP contribution in [0.2, 0.25) is 0 Å². The quantitative estimate of drug-likeness (QED) is 0.555. The Kier molecular flexibility index (Phi) is 6.58. The third kappa shape index (κ3) is 4.98. The molecule has 0 spiro atoms. The van der Waals surface area contributed by atoms with Crippen molar-refractivity contribution in [3.8, 4) is 28.5 Å². The first kappa shape index (κ1) is 22.3. The van der Waals surface area contributed by atoms with E-state index in [2.05, 4.69) is 21.4 Å². The highest BCUT2D eigenvalue weighted by Gasteiger charge is 2.27. The van der Waals surface area contributed by atoms with Crippen LogP contribution in [0.15, 0.2) is 48.7 Å². The van der Waals surface area contributed by atoms with Crippen molar-refractivity contribution in [2.45, 2.75) is 26.4 Å². The normalized spacial score (nSPS) is 14.6. The number of aromatic nitrogens is 2. The number of nitrogens with one attached hydrogen (secondary N) is 1. The summed E-state index contributed by atoms with van der Waals surface area (Å²) in [5, 5.41) is 2.93. The molecular weight excluding hydrogens is 418 g/mol. The maximum absolute atomic E-state index is 12.4. The van der Waals surface area contributed by atoms with Crippen LogP contribution in [-0.4, -0.2) is 42.7 Å². The number of hydrogen-bond acceptors (Lipinski definition) is 6. The van der Waals surface area contributed by atoms with Crippen LogP contribution in [0.4, 0.5) is 0 Å². The fraction of sp³-hybridized carbons (Fsp3) is 0.269. The average Bonchev–Trinajstić information content (AvgIpc) is 3.26. The molecule has 1 atom stereocenters. The molecule has 1 amide bonds. The number of ether oxygens (including phenoxy) is 3. The fourth-order valence-electron chi connectivity index (χ4n) is 3.83. The predicted octanol–water partition coefficient (Wildman–Crippen LogP) is 3.91. The molecule has 1 N–H and O–H groups in total. The second-order valence-corrected chi connectivity index (χ2v) is 7.88. The zero-order valence-electron chi connectivity index (χ0n) is 19.2. The Morgan fingerprint density at radius 1 is 1.18 bits per heavy atom. The van der Waals surface area contributed by atoms with Crippen LogP contribution in [0, 0.1) is 13.8 Å². The summed E-state index contributed by atoms with van der Waals surface area (Å²) < 4.78 is 16.8. The Labute approximate surface area is 193 Å². The van der Waals surface area contributed by atoms with Gasteiger partial charge in [0.25, 0.3) is 0 Å². The number of hydrogen-bond donors (Lipinski definition) is 1. The maximum atomic E-state index is 12.4. The summed E-state index contributed by atoms with van der Waals surface area (Å²) in [5.41, 5.74) is 5.42. The van der Waals surface area contributed by atoms with E-state index < -0.39 is 0 Å². The second-order valence-electron chi connectivity index (χ2n) is 7.88. The van der Waals surface area contributed by atoms with Crippen molar-refractivity contribution in [2.24, 2.45) is 0 Å². The van der Waals surface area contributed by atoms with Crippen molar-refractivity contribution in [2.75, 3.05) is 20.8 Å². The first-order chi connectivity index (χ1) is 16.0. The number of carbonyl (C=O) groups is 1. The van der Waals surface area contributed by atoms with Crippen molar-refractivity contribution in [3.63, 3.8) is 0 Å². The lowest BCUT2D eigenvalue weighted by Crippen LogP contribution is -2.33. The monoisotopic (exact) mass is 445 g/mol. The minimum atomic E-state index is -0.190. The molecule has 170 valence electrons. The zero-order chi connectivity index (χ0) is 23.4. The highest BCUT2D eigenvalue weighted by molar-refractivity contribution is 5.91. The van der Waals surface area contributed by atoms with Gasteiger partial charge in [0.2, 0.25) is 5.91 Å². The molecular formula is C26H27N3O4. The van der Waals surface area contributed by atoms with E-state index in [1.165, 1.54) is 6.08 Å². The van der Waals surface area contributed by atoms with E-state index in [1.807, 2.05) is 38.1 Å². The van der Waals surface area contributed by atoms with Crippen molar-refractivity contribution < 1.29 is 19.0 Å². The second kappa shape index (κ2) is 9.73. The molecule has 1 aliphatic heterocycles. The number of rotatable bonds is 7. The van der Waals surface area contributed by atoms with Gasteiger partial charge in [-0.2, -0.15) is 0 Å². The van der Waals surface area contributed by atoms with E-state index in [-0.39, 0.29) is 12.0 Å². The van der Waals surface area contributed by atoms with E-state index in [0.717, 1.165) is 45.9 Å². The summed E-state index contributed by atoms with van der Waals surface area (Å²) in [5.74, 6) is 1.88. The molecule has 0 radical (unpaired) electrons. The van der Waals surface area contributed by atoms with Crippen molar-refractivity contribution in [1.82, 2.24) is 15.3 Å². The summed E-state index contributed by atoms with van der Waals surface area (Å²) in [6, 6.07) is 11.5. The van der Waals surface area contributed by atoms with Crippen LogP contribution in [0.3, 0.4) is 0 Å². The van der Waals surface area contributed by atoms with Crippen LogP contribution >= 0.6 is 0 Å². The first-order valence-electron chi connectivity index (χ1n) is 10.8. The van der Waals surface area contributed by atoms with Gasteiger partial charge in [-0.05, 0) is 49.2 Å². The number of fused-ring (bicyclic) bond motifs is 1. The zero-order valence-corrected chi connectivity index (χ0v) is 19.2. The average molecular weight is 446 g/mol. The van der Waals surface area contributed by atoms with Crippen LogP contribution in [0.1, 0.15) is 22.5 Å². The van der Waals surface area contributed by atoms with Gasteiger partial charge in [0.15, 0.2) is 11.5 Å². The molecule has 1 aromatic heterocycles. The van der Waals surface area contributed by atoms with Gasteiger partial charge < -0.3 is 19.5 Å². The van der Waals surface area contributed by atoms with Crippen molar-refractivity contribution in [3.05, 3.63) is 71.2 Å². The van der Waals surface area contributed by atoms with Gasteiger partial charge >= 0.3 is 0 Å². The number of benzene rings is 2. The highest BCUT2D eigenvalue weighted by atomic mass is 16.5. The van der Waals surface area contributed by atoms with Gasteiger partial charge in [0.05, 0.1) is 37.8 Å². The molecule has 0 saturated carbocycles. The van der Waals surface area contributed by atoms with Crippen LogP contribution in [-0.2, 0) is 11.2 Å². The molecule has 0 saturated heterocycles. The minimum Gasteiger partial charge on any atom is -0.493 e. The maximum Gasteiger partial charge on any atom is 0.244 e. The summed E-state index contributed by atoms with van der Waals surface area (Å²) >= 11 is 0. The van der Waals surface area contributed by atoms with Gasteiger partial charge in [-0.15, -0.1) is 0 Å². The van der Waals surface area contributed by atoms with Crippen molar-refractivity contribution in [1.29, 1.82) is 0 Å². The van der Waals surface area contributed by atoms with Gasteiger partial charge in [-0.3, -0.25) is 9.78 Å². The number of nitrogens with zero attached hydrogens (tertiary/aromatic N) is 2. The fourth-order valence-corrected chi connectivity index (χ4v) is 3.83. The number of para-hydroxylation sites is 1. The molecule has 2 heterocycles.